The molecule has 0 aliphatic heterocycles. The first-order valence-corrected chi connectivity index (χ1v) is 8.56. The highest BCUT2D eigenvalue weighted by Gasteiger charge is 2.19. The van der Waals surface area contributed by atoms with Crippen LogP contribution in [0, 0.1) is 5.82 Å². The number of nitrogens with one attached hydrogen (secondary N) is 1. The van der Waals surface area contributed by atoms with Gasteiger partial charge in [0, 0.05) is 13.1 Å². The fourth-order valence-corrected chi connectivity index (χ4v) is 3.39. The second kappa shape index (κ2) is 7.35. The molecule has 0 saturated carbocycles. The molecule has 0 fully saturated rings. The van der Waals surface area contributed by atoms with Crippen molar-refractivity contribution in [1.29, 1.82) is 0 Å². The smallest absolute Gasteiger partial charge is 0.242 e. The van der Waals surface area contributed by atoms with Crippen molar-refractivity contribution >= 4 is 31.6 Å². The quantitative estimate of drug-likeness (QED) is 0.720. The average molecular weight is 368 g/mol. The Bertz CT molecular complexity index is 562. The van der Waals surface area contributed by atoms with Gasteiger partial charge in [-0.15, -0.1) is 0 Å². The molecule has 0 spiro atoms. The predicted molar refractivity (Wildman–Crippen MR) is 81.5 cm³/mol. The highest BCUT2D eigenvalue weighted by molar-refractivity contribution is 9.10. The topological polar surface area (TPSA) is 75.4 Å². The lowest BCUT2D eigenvalue weighted by Crippen LogP contribution is -2.35. The van der Waals surface area contributed by atoms with Crippen LogP contribution in [-0.4, -0.2) is 39.5 Å². The van der Waals surface area contributed by atoms with Crippen LogP contribution < -0.4 is 10.5 Å². The number of hydrogen-bond donors (Lipinski definition) is 2. The second-order valence-corrected chi connectivity index (χ2v) is 6.82. The molecule has 114 valence electrons. The van der Waals surface area contributed by atoms with Crippen molar-refractivity contribution in [2.75, 3.05) is 31.9 Å². The van der Waals surface area contributed by atoms with Crippen LogP contribution in [0.1, 0.15) is 13.8 Å². The van der Waals surface area contributed by atoms with E-state index < -0.39 is 15.8 Å². The van der Waals surface area contributed by atoms with Gasteiger partial charge in [-0.1, -0.05) is 13.8 Å². The van der Waals surface area contributed by atoms with Crippen LogP contribution in [0.25, 0.3) is 0 Å². The molecule has 0 aliphatic carbocycles. The minimum atomic E-state index is -3.74. The Morgan fingerprint density at radius 2 is 1.95 bits per heavy atom. The maximum atomic E-state index is 13.2. The van der Waals surface area contributed by atoms with Crippen molar-refractivity contribution in [2.24, 2.45) is 0 Å². The number of nitrogen functional groups attached to an aromatic ring is 1. The normalized spacial score (nSPS) is 12.1. The monoisotopic (exact) mass is 367 g/mol. The van der Waals surface area contributed by atoms with E-state index in [-0.39, 0.29) is 21.6 Å². The van der Waals surface area contributed by atoms with Gasteiger partial charge in [0.2, 0.25) is 10.0 Å². The molecule has 0 heterocycles. The van der Waals surface area contributed by atoms with E-state index in [2.05, 4.69) is 25.6 Å². The van der Waals surface area contributed by atoms with E-state index in [4.69, 9.17) is 5.73 Å². The third-order valence-electron chi connectivity index (χ3n) is 2.96. The van der Waals surface area contributed by atoms with E-state index in [0.717, 1.165) is 19.2 Å². The van der Waals surface area contributed by atoms with Gasteiger partial charge in [0.25, 0.3) is 0 Å². The number of rotatable bonds is 7. The predicted octanol–water partition coefficient (Wildman–Crippen LogP) is 1.79. The van der Waals surface area contributed by atoms with Crippen molar-refractivity contribution in [3.63, 3.8) is 0 Å². The average Bonchev–Trinajstić information content (AvgIpc) is 2.38. The fraction of sp³-hybridized carbons (Fsp3) is 0.500. The van der Waals surface area contributed by atoms with Crippen LogP contribution in [-0.2, 0) is 10.0 Å². The molecule has 0 aliphatic rings. The summed E-state index contributed by atoms with van der Waals surface area (Å²) in [5.41, 5.74) is 5.46. The Kier molecular flexibility index (Phi) is 6.38. The number of anilines is 1. The standard InChI is InChI=1S/C12H19BrFN3O2S/c1-3-17(4-2)6-5-16-20(18,19)12-7-9(13)10(14)8-11(12)15/h7-8,16H,3-6,15H2,1-2H3. The molecule has 0 atom stereocenters. The van der Waals surface area contributed by atoms with Gasteiger partial charge in [0.15, 0.2) is 0 Å². The minimum Gasteiger partial charge on any atom is -0.398 e. The number of benzene rings is 1. The molecule has 0 bridgehead atoms. The van der Waals surface area contributed by atoms with Gasteiger partial charge in [-0.25, -0.2) is 17.5 Å². The molecule has 0 aromatic heterocycles. The Labute approximate surface area is 127 Å². The first-order chi connectivity index (χ1) is 9.31. The van der Waals surface area contributed by atoms with Crippen molar-refractivity contribution in [3.8, 4) is 0 Å². The third-order valence-corrected chi connectivity index (χ3v) is 5.08. The van der Waals surface area contributed by atoms with Crippen molar-refractivity contribution in [3.05, 3.63) is 22.4 Å². The molecule has 5 nitrogen and oxygen atoms in total. The van der Waals surface area contributed by atoms with Crippen LogP contribution in [0.3, 0.4) is 0 Å². The largest absolute Gasteiger partial charge is 0.398 e. The number of nitrogens with two attached hydrogens (primary N) is 1. The van der Waals surface area contributed by atoms with Gasteiger partial charge in [-0.05, 0) is 41.2 Å². The van der Waals surface area contributed by atoms with E-state index in [0.29, 0.717) is 6.54 Å². The molecule has 20 heavy (non-hydrogen) atoms. The molecule has 8 heteroatoms. The van der Waals surface area contributed by atoms with Gasteiger partial charge < -0.3 is 10.6 Å². The Morgan fingerprint density at radius 3 is 2.50 bits per heavy atom. The molecule has 0 unspecified atom stereocenters. The van der Waals surface area contributed by atoms with Crippen molar-refractivity contribution < 1.29 is 12.8 Å². The van der Waals surface area contributed by atoms with Gasteiger partial charge in [-0.2, -0.15) is 0 Å². The molecule has 1 aromatic rings. The van der Waals surface area contributed by atoms with Crippen molar-refractivity contribution in [1.82, 2.24) is 9.62 Å². The van der Waals surface area contributed by atoms with Crippen LogP contribution in [0.2, 0.25) is 0 Å². The summed E-state index contributed by atoms with van der Waals surface area (Å²) in [6.07, 6.45) is 0. The Morgan fingerprint density at radius 1 is 1.35 bits per heavy atom. The maximum Gasteiger partial charge on any atom is 0.242 e. The summed E-state index contributed by atoms with van der Waals surface area (Å²) in [4.78, 5) is 1.97. The summed E-state index contributed by atoms with van der Waals surface area (Å²) >= 11 is 2.96. The fourth-order valence-electron chi connectivity index (χ4n) is 1.73. The Balaban J connectivity index is 2.82. The number of hydrogen-bond acceptors (Lipinski definition) is 4. The van der Waals surface area contributed by atoms with Crippen LogP contribution >= 0.6 is 15.9 Å². The lowest BCUT2D eigenvalue weighted by molar-refractivity contribution is 0.309. The first kappa shape index (κ1) is 17.4. The first-order valence-electron chi connectivity index (χ1n) is 6.28. The zero-order valence-corrected chi connectivity index (χ0v) is 13.9. The van der Waals surface area contributed by atoms with E-state index in [1.165, 1.54) is 6.07 Å². The Hall–Kier alpha value is -0.700. The van der Waals surface area contributed by atoms with Gasteiger partial charge in [0.05, 0.1) is 10.2 Å². The highest BCUT2D eigenvalue weighted by atomic mass is 79.9. The maximum absolute atomic E-state index is 13.2. The van der Waals surface area contributed by atoms with E-state index in [9.17, 15) is 12.8 Å². The van der Waals surface area contributed by atoms with Gasteiger partial charge in [-0.3, -0.25) is 0 Å². The summed E-state index contributed by atoms with van der Waals surface area (Å²) in [5, 5.41) is 0. The molecule has 0 amide bonds. The van der Waals surface area contributed by atoms with Crippen molar-refractivity contribution in [2.45, 2.75) is 18.7 Å². The van der Waals surface area contributed by atoms with E-state index in [1.807, 2.05) is 13.8 Å². The number of sulfonamides is 1. The lowest BCUT2D eigenvalue weighted by atomic mass is 10.3. The lowest BCUT2D eigenvalue weighted by Gasteiger charge is -2.18. The number of halogens is 2. The minimum absolute atomic E-state index is 0.0656. The molecule has 3 N–H and O–H groups in total. The molecule has 1 aromatic carbocycles. The zero-order valence-electron chi connectivity index (χ0n) is 11.5. The van der Waals surface area contributed by atoms with Crippen LogP contribution in [0.15, 0.2) is 21.5 Å². The van der Waals surface area contributed by atoms with E-state index >= 15 is 0 Å². The molecular weight excluding hydrogens is 349 g/mol. The summed E-state index contributed by atoms with van der Waals surface area (Å²) in [6.45, 7) is 6.60. The van der Waals surface area contributed by atoms with Gasteiger partial charge in [0.1, 0.15) is 10.7 Å². The summed E-state index contributed by atoms with van der Waals surface area (Å²) < 4.78 is 40.0. The summed E-state index contributed by atoms with van der Waals surface area (Å²) in [6, 6.07) is 2.16. The summed E-state index contributed by atoms with van der Waals surface area (Å²) in [7, 11) is -3.74. The molecular formula is C12H19BrFN3O2S. The zero-order chi connectivity index (χ0) is 15.3. The molecule has 0 saturated heterocycles. The SMILES string of the molecule is CCN(CC)CCNS(=O)(=O)c1cc(Br)c(F)cc1N. The molecule has 0 radical (unpaired) electrons. The summed E-state index contributed by atoms with van der Waals surface area (Å²) in [5.74, 6) is -0.593. The highest BCUT2D eigenvalue weighted by Crippen LogP contribution is 2.25. The second-order valence-electron chi connectivity index (χ2n) is 4.23. The molecule has 1 rings (SSSR count). The number of nitrogens with zero attached hydrogens (tertiary/aromatic N) is 1. The van der Waals surface area contributed by atoms with Crippen LogP contribution in [0.5, 0.6) is 0 Å². The van der Waals surface area contributed by atoms with Crippen LogP contribution in [0.4, 0.5) is 10.1 Å². The van der Waals surface area contributed by atoms with Gasteiger partial charge >= 0.3 is 0 Å². The number of likely N-dealkylation sites (N-methyl/N-ethyl adjacent to an activating group) is 1. The van der Waals surface area contributed by atoms with E-state index in [1.54, 1.807) is 0 Å². The third kappa shape index (κ3) is 4.41.